The van der Waals surface area contributed by atoms with Crippen molar-refractivity contribution in [3.8, 4) is 0 Å². The van der Waals surface area contributed by atoms with Crippen molar-refractivity contribution < 1.29 is 8.78 Å². The molecule has 0 heterocycles. The van der Waals surface area contributed by atoms with E-state index in [2.05, 4.69) is 0 Å². The quantitative estimate of drug-likeness (QED) is 0.790. The first kappa shape index (κ1) is 10.4. The van der Waals surface area contributed by atoms with E-state index in [-0.39, 0.29) is 0 Å². The molecular formula is C9H10ClF2N. The first-order valence-electron chi connectivity index (χ1n) is 3.82. The van der Waals surface area contributed by atoms with E-state index >= 15 is 0 Å². The van der Waals surface area contributed by atoms with Gasteiger partial charge in [-0.3, -0.25) is 0 Å². The van der Waals surface area contributed by atoms with Crippen molar-refractivity contribution in [3.05, 3.63) is 34.3 Å². The maximum atomic E-state index is 12.2. The molecule has 72 valence electrons. The SMILES string of the molecule is Cc1ccc(C(N)C(F)F)c(Cl)c1. The van der Waals surface area contributed by atoms with Crippen molar-refractivity contribution in [3.63, 3.8) is 0 Å². The number of rotatable bonds is 2. The zero-order valence-corrected chi connectivity index (χ0v) is 7.85. The zero-order valence-electron chi connectivity index (χ0n) is 7.10. The van der Waals surface area contributed by atoms with Crippen molar-refractivity contribution >= 4 is 11.6 Å². The Morgan fingerprint density at radius 2 is 2.00 bits per heavy atom. The van der Waals surface area contributed by atoms with E-state index in [0.717, 1.165) is 5.56 Å². The number of nitrogens with two attached hydrogens (primary N) is 1. The molecule has 0 fully saturated rings. The Morgan fingerprint density at radius 3 is 2.46 bits per heavy atom. The Bertz CT molecular complexity index is 302. The van der Waals surface area contributed by atoms with Crippen LogP contribution in [-0.2, 0) is 0 Å². The van der Waals surface area contributed by atoms with Gasteiger partial charge in [-0.1, -0.05) is 23.7 Å². The van der Waals surface area contributed by atoms with Crippen LogP contribution in [0.1, 0.15) is 17.2 Å². The van der Waals surface area contributed by atoms with Crippen LogP contribution in [0.5, 0.6) is 0 Å². The van der Waals surface area contributed by atoms with E-state index in [4.69, 9.17) is 17.3 Å². The summed E-state index contributed by atoms with van der Waals surface area (Å²) in [6, 6.07) is 3.57. The minimum Gasteiger partial charge on any atom is -0.319 e. The fourth-order valence-corrected chi connectivity index (χ4v) is 1.40. The van der Waals surface area contributed by atoms with Gasteiger partial charge in [0.25, 0.3) is 6.43 Å². The van der Waals surface area contributed by atoms with E-state index in [0.29, 0.717) is 10.6 Å². The molecule has 1 aromatic carbocycles. The molecule has 0 aliphatic rings. The van der Waals surface area contributed by atoms with Crippen molar-refractivity contribution in [2.24, 2.45) is 5.73 Å². The van der Waals surface area contributed by atoms with Crippen molar-refractivity contribution in [2.75, 3.05) is 0 Å². The summed E-state index contributed by atoms with van der Waals surface area (Å²) in [5.74, 6) is 0. The van der Waals surface area contributed by atoms with Gasteiger partial charge in [0, 0.05) is 5.02 Å². The van der Waals surface area contributed by atoms with Crippen LogP contribution in [0.3, 0.4) is 0 Å². The normalized spacial score (nSPS) is 13.4. The van der Waals surface area contributed by atoms with Crippen molar-refractivity contribution in [1.82, 2.24) is 0 Å². The Balaban J connectivity index is 3.01. The average molecular weight is 206 g/mol. The predicted molar refractivity (Wildman–Crippen MR) is 49.1 cm³/mol. The molecule has 1 nitrogen and oxygen atoms in total. The summed E-state index contributed by atoms with van der Waals surface area (Å²) < 4.78 is 24.4. The van der Waals surface area contributed by atoms with Crippen LogP contribution < -0.4 is 5.73 Å². The molecule has 2 N–H and O–H groups in total. The molecule has 1 rings (SSSR count). The molecule has 0 spiro atoms. The third-order valence-electron chi connectivity index (χ3n) is 1.79. The van der Waals surface area contributed by atoms with Gasteiger partial charge in [0.2, 0.25) is 0 Å². The Kier molecular flexibility index (Phi) is 3.22. The maximum Gasteiger partial charge on any atom is 0.257 e. The van der Waals surface area contributed by atoms with E-state index in [1.165, 1.54) is 6.07 Å². The molecular weight excluding hydrogens is 196 g/mol. The van der Waals surface area contributed by atoms with Crippen LogP contribution in [0.2, 0.25) is 5.02 Å². The topological polar surface area (TPSA) is 26.0 Å². The molecule has 1 atom stereocenters. The smallest absolute Gasteiger partial charge is 0.257 e. The second-order valence-corrected chi connectivity index (χ2v) is 3.29. The fraction of sp³-hybridized carbons (Fsp3) is 0.333. The molecule has 0 aliphatic heterocycles. The number of aryl methyl sites for hydroxylation is 1. The highest BCUT2D eigenvalue weighted by Crippen LogP contribution is 2.26. The second kappa shape index (κ2) is 4.03. The minimum atomic E-state index is -2.58. The third kappa shape index (κ3) is 2.39. The first-order valence-corrected chi connectivity index (χ1v) is 4.20. The lowest BCUT2D eigenvalue weighted by Gasteiger charge is -2.12. The molecule has 13 heavy (non-hydrogen) atoms. The van der Waals surface area contributed by atoms with Crippen LogP contribution in [0.15, 0.2) is 18.2 Å². The monoisotopic (exact) mass is 205 g/mol. The van der Waals surface area contributed by atoms with Gasteiger partial charge in [-0.25, -0.2) is 8.78 Å². The minimum absolute atomic E-state index is 0.294. The molecule has 1 aromatic rings. The van der Waals surface area contributed by atoms with E-state index < -0.39 is 12.5 Å². The molecule has 1 unspecified atom stereocenters. The van der Waals surface area contributed by atoms with Gasteiger partial charge in [0.05, 0.1) is 6.04 Å². The molecule has 0 amide bonds. The number of halogens is 3. The highest BCUT2D eigenvalue weighted by Gasteiger charge is 2.19. The summed E-state index contributed by atoms with van der Waals surface area (Å²) in [6.45, 7) is 1.84. The first-order chi connectivity index (χ1) is 6.02. The summed E-state index contributed by atoms with van der Waals surface area (Å²) in [5.41, 5.74) is 6.47. The Morgan fingerprint density at radius 1 is 1.38 bits per heavy atom. The lowest BCUT2D eigenvalue weighted by molar-refractivity contribution is 0.116. The second-order valence-electron chi connectivity index (χ2n) is 2.89. The van der Waals surface area contributed by atoms with Crippen LogP contribution >= 0.6 is 11.6 Å². The molecule has 0 saturated heterocycles. The number of hydrogen-bond acceptors (Lipinski definition) is 1. The van der Waals surface area contributed by atoms with Crippen LogP contribution in [0, 0.1) is 6.92 Å². The largest absolute Gasteiger partial charge is 0.319 e. The summed E-state index contributed by atoms with van der Waals surface area (Å²) in [4.78, 5) is 0. The van der Waals surface area contributed by atoms with Crippen LogP contribution in [0.4, 0.5) is 8.78 Å². The lowest BCUT2D eigenvalue weighted by atomic mass is 10.1. The molecule has 0 saturated carbocycles. The number of benzene rings is 1. The lowest BCUT2D eigenvalue weighted by Crippen LogP contribution is -2.19. The summed E-state index contributed by atoms with van der Waals surface area (Å²) in [7, 11) is 0. The van der Waals surface area contributed by atoms with Gasteiger partial charge in [0.1, 0.15) is 0 Å². The zero-order chi connectivity index (χ0) is 10.0. The Hall–Kier alpha value is -0.670. The van der Waals surface area contributed by atoms with Gasteiger partial charge in [-0.15, -0.1) is 0 Å². The molecule has 0 aromatic heterocycles. The average Bonchev–Trinajstić information content (AvgIpc) is 2.03. The number of alkyl halides is 2. The molecule has 4 heteroatoms. The summed E-state index contributed by atoms with van der Waals surface area (Å²) >= 11 is 5.76. The molecule has 0 radical (unpaired) electrons. The highest BCUT2D eigenvalue weighted by molar-refractivity contribution is 6.31. The Labute approximate surface area is 80.5 Å². The van der Waals surface area contributed by atoms with Crippen LogP contribution in [0.25, 0.3) is 0 Å². The van der Waals surface area contributed by atoms with Gasteiger partial charge >= 0.3 is 0 Å². The van der Waals surface area contributed by atoms with Gasteiger partial charge < -0.3 is 5.73 Å². The van der Waals surface area contributed by atoms with Crippen LogP contribution in [-0.4, -0.2) is 6.43 Å². The van der Waals surface area contributed by atoms with E-state index in [1.54, 1.807) is 12.1 Å². The fourth-order valence-electron chi connectivity index (χ4n) is 1.04. The molecule has 0 aliphatic carbocycles. The van der Waals surface area contributed by atoms with E-state index in [9.17, 15) is 8.78 Å². The van der Waals surface area contributed by atoms with Crippen molar-refractivity contribution in [1.29, 1.82) is 0 Å². The van der Waals surface area contributed by atoms with Gasteiger partial charge in [-0.05, 0) is 24.1 Å². The van der Waals surface area contributed by atoms with Gasteiger partial charge in [0.15, 0.2) is 0 Å². The van der Waals surface area contributed by atoms with Gasteiger partial charge in [-0.2, -0.15) is 0 Å². The maximum absolute atomic E-state index is 12.2. The third-order valence-corrected chi connectivity index (χ3v) is 2.11. The van der Waals surface area contributed by atoms with Crippen molar-refractivity contribution in [2.45, 2.75) is 19.4 Å². The predicted octanol–water partition coefficient (Wildman–Crippen LogP) is 2.91. The molecule has 0 bridgehead atoms. The standard InChI is InChI=1S/C9H10ClF2N/c1-5-2-3-6(7(10)4-5)8(13)9(11)12/h2-4,8-9H,13H2,1H3. The van der Waals surface area contributed by atoms with E-state index in [1.807, 2.05) is 6.92 Å². The highest BCUT2D eigenvalue weighted by atomic mass is 35.5. The number of hydrogen-bond donors (Lipinski definition) is 1. The summed E-state index contributed by atoms with van der Waals surface area (Å²) in [6.07, 6.45) is -2.58. The summed E-state index contributed by atoms with van der Waals surface area (Å²) in [5, 5.41) is 0.299.